The predicted octanol–water partition coefficient (Wildman–Crippen LogP) is 4.01. The van der Waals surface area contributed by atoms with Gasteiger partial charge in [0.1, 0.15) is 0 Å². The number of nitrogens with zero attached hydrogens (tertiary/aromatic N) is 1. The van der Waals surface area contributed by atoms with Crippen LogP contribution in [0.25, 0.3) is 0 Å². The fourth-order valence-electron chi connectivity index (χ4n) is 3.40. The second kappa shape index (κ2) is 7.80. The zero-order valence-electron chi connectivity index (χ0n) is 13.0. The fourth-order valence-corrected chi connectivity index (χ4v) is 3.40. The van der Waals surface area contributed by atoms with Gasteiger partial charge < -0.3 is 5.11 Å². The van der Waals surface area contributed by atoms with Gasteiger partial charge in [0.05, 0.1) is 6.10 Å². The normalized spacial score (nSPS) is 21.2. The van der Waals surface area contributed by atoms with Crippen molar-refractivity contribution in [3.8, 4) is 0 Å². The van der Waals surface area contributed by atoms with Crippen LogP contribution in [-0.2, 0) is 0 Å². The van der Waals surface area contributed by atoms with Crippen LogP contribution in [0.15, 0.2) is 30.3 Å². The Bertz CT molecular complexity index is 368. The molecule has 112 valence electrons. The molecule has 2 unspecified atom stereocenters. The summed E-state index contributed by atoms with van der Waals surface area (Å²) in [6.45, 7) is 6.73. The van der Waals surface area contributed by atoms with Gasteiger partial charge in [-0.25, -0.2) is 0 Å². The van der Waals surface area contributed by atoms with Crippen molar-refractivity contribution in [1.82, 2.24) is 4.90 Å². The molecular formula is C18H29NO. The van der Waals surface area contributed by atoms with Gasteiger partial charge in [-0.1, -0.05) is 63.4 Å². The lowest BCUT2D eigenvalue weighted by atomic mass is 9.91. The SMILES string of the molecule is CC(C)C(C(O)c1ccccc1)N1CCCCCCC1. The molecule has 0 spiro atoms. The van der Waals surface area contributed by atoms with Gasteiger partial charge in [-0.3, -0.25) is 4.90 Å². The minimum Gasteiger partial charge on any atom is -0.387 e. The Morgan fingerprint density at radius 1 is 0.900 bits per heavy atom. The zero-order chi connectivity index (χ0) is 14.4. The first-order chi connectivity index (χ1) is 9.70. The van der Waals surface area contributed by atoms with Crippen molar-refractivity contribution >= 4 is 0 Å². The lowest BCUT2D eigenvalue weighted by Gasteiger charge is -2.38. The maximum Gasteiger partial charge on any atom is 0.0947 e. The average molecular weight is 275 g/mol. The van der Waals surface area contributed by atoms with Crippen molar-refractivity contribution in [2.24, 2.45) is 5.92 Å². The monoisotopic (exact) mass is 275 g/mol. The van der Waals surface area contributed by atoms with Crippen molar-refractivity contribution < 1.29 is 5.11 Å². The van der Waals surface area contributed by atoms with Gasteiger partial charge in [-0.05, 0) is 37.4 Å². The maximum atomic E-state index is 10.8. The van der Waals surface area contributed by atoms with E-state index in [1.165, 1.54) is 32.1 Å². The summed E-state index contributed by atoms with van der Waals surface area (Å²) in [5.74, 6) is 0.463. The highest BCUT2D eigenvalue weighted by Gasteiger charge is 2.29. The van der Waals surface area contributed by atoms with Crippen LogP contribution in [-0.4, -0.2) is 29.1 Å². The Hall–Kier alpha value is -0.860. The van der Waals surface area contributed by atoms with Crippen molar-refractivity contribution in [3.63, 3.8) is 0 Å². The molecule has 1 N–H and O–H groups in total. The number of aliphatic hydroxyl groups is 1. The molecule has 2 atom stereocenters. The lowest BCUT2D eigenvalue weighted by Crippen LogP contribution is -2.44. The Labute approximate surface area is 123 Å². The number of benzene rings is 1. The highest BCUT2D eigenvalue weighted by molar-refractivity contribution is 5.19. The van der Waals surface area contributed by atoms with Crippen molar-refractivity contribution in [2.45, 2.75) is 58.1 Å². The minimum absolute atomic E-state index is 0.232. The van der Waals surface area contributed by atoms with E-state index >= 15 is 0 Å². The third-order valence-corrected chi connectivity index (χ3v) is 4.46. The molecule has 2 rings (SSSR count). The van der Waals surface area contributed by atoms with Crippen LogP contribution in [0.5, 0.6) is 0 Å². The van der Waals surface area contributed by atoms with E-state index < -0.39 is 0 Å². The number of rotatable bonds is 4. The fraction of sp³-hybridized carbons (Fsp3) is 0.667. The number of aliphatic hydroxyl groups excluding tert-OH is 1. The number of hydrogen-bond acceptors (Lipinski definition) is 2. The second-order valence-corrected chi connectivity index (χ2v) is 6.39. The quantitative estimate of drug-likeness (QED) is 0.897. The standard InChI is InChI=1S/C18H29NO/c1-15(2)17(18(20)16-11-7-6-8-12-16)19-13-9-4-3-5-10-14-19/h6-8,11-12,15,17-18,20H,3-5,9-10,13-14H2,1-2H3. The summed E-state index contributed by atoms with van der Waals surface area (Å²) in [5, 5.41) is 10.8. The smallest absolute Gasteiger partial charge is 0.0947 e. The van der Waals surface area contributed by atoms with Crippen molar-refractivity contribution in [1.29, 1.82) is 0 Å². The van der Waals surface area contributed by atoms with Crippen molar-refractivity contribution in [2.75, 3.05) is 13.1 Å². The molecule has 2 heteroatoms. The van der Waals surface area contributed by atoms with E-state index in [1.54, 1.807) is 0 Å². The van der Waals surface area contributed by atoms with E-state index in [0.717, 1.165) is 18.7 Å². The summed E-state index contributed by atoms with van der Waals surface area (Å²) in [5.41, 5.74) is 1.05. The first-order valence-corrected chi connectivity index (χ1v) is 8.17. The summed E-state index contributed by atoms with van der Waals surface area (Å²) in [7, 11) is 0. The van der Waals surface area contributed by atoms with Crippen LogP contribution in [0, 0.1) is 5.92 Å². The molecule has 0 aliphatic carbocycles. The summed E-state index contributed by atoms with van der Waals surface area (Å²) in [6, 6.07) is 10.4. The van der Waals surface area contributed by atoms with Crippen LogP contribution in [0.3, 0.4) is 0 Å². The molecule has 1 aromatic rings. The molecule has 0 aromatic heterocycles. The Morgan fingerprint density at radius 3 is 2.00 bits per heavy atom. The molecule has 20 heavy (non-hydrogen) atoms. The third-order valence-electron chi connectivity index (χ3n) is 4.46. The van der Waals surface area contributed by atoms with E-state index in [1.807, 2.05) is 30.3 Å². The average Bonchev–Trinajstić information content (AvgIpc) is 2.41. The maximum absolute atomic E-state index is 10.8. The van der Waals surface area contributed by atoms with E-state index in [2.05, 4.69) is 18.7 Å². The van der Waals surface area contributed by atoms with E-state index in [0.29, 0.717) is 5.92 Å². The van der Waals surface area contributed by atoms with E-state index in [9.17, 15) is 5.11 Å². The largest absolute Gasteiger partial charge is 0.387 e. The minimum atomic E-state index is -0.379. The van der Waals surface area contributed by atoms with Crippen LogP contribution in [0.4, 0.5) is 0 Å². The van der Waals surface area contributed by atoms with Gasteiger partial charge in [0.2, 0.25) is 0 Å². The molecule has 1 fully saturated rings. The second-order valence-electron chi connectivity index (χ2n) is 6.39. The van der Waals surface area contributed by atoms with Gasteiger partial charge >= 0.3 is 0 Å². The molecule has 0 amide bonds. The van der Waals surface area contributed by atoms with Gasteiger partial charge in [-0.15, -0.1) is 0 Å². The summed E-state index contributed by atoms with van der Waals surface area (Å²) >= 11 is 0. The Balaban J connectivity index is 2.12. The summed E-state index contributed by atoms with van der Waals surface area (Å²) in [4.78, 5) is 2.53. The molecule has 1 aliphatic rings. The van der Waals surface area contributed by atoms with Crippen LogP contribution >= 0.6 is 0 Å². The molecular weight excluding hydrogens is 246 g/mol. The first kappa shape index (κ1) is 15.5. The van der Waals surface area contributed by atoms with E-state index in [4.69, 9.17) is 0 Å². The Morgan fingerprint density at radius 2 is 1.45 bits per heavy atom. The number of likely N-dealkylation sites (tertiary alicyclic amines) is 1. The van der Waals surface area contributed by atoms with Gasteiger partial charge in [0, 0.05) is 6.04 Å². The van der Waals surface area contributed by atoms with Gasteiger partial charge in [0.25, 0.3) is 0 Å². The summed E-state index contributed by atoms with van der Waals surface area (Å²) < 4.78 is 0. The predicted molar refractivity (Wildman–Crippen MR) is 84.7 cm³/mol. The van der Waals surface area contributed by atoms with Crippen LogP contribution < -0.4 is 0 Å². The van der Waals surface area contributed by atoms with Crippen LogP contribution in [0.1, 0.15) is 57.6 Å². The summed E-state index contributed by atoms with van der Waals surface area (Å²) in [6.07, 6.45) is 6.21. The van der Waals surface area contributed by atoms with Gasteiger partial charge in [0.15, 0.2) is 0 Å². The molecule has 1 aromatic carbocycles. The molecule has 0 bridgehead atoms. The highest BCUT2D eigenvalue weighted by Crippen LogP contribution is 2.28. The topological polar surface area (TPSA) is 23.5 Å². The molecule has 0 saturated carbocycles. The van der Waals surface area contributed by atoms with Gasteiger partial charge in [-0.2, -0.15) is 0 Å². The molecule has 2 nitrogen and oxygen atoms in total. The third kappa shape index (κ3) is 4.07. The number of hydrogen-bond donors (Lipinski definition) is 1. The molecule has 0 radical (unpaired) electrons. The molecule has 1 heterocycles. The molecule has 1 saturated heterocycles. The highest BCUT2D eigenvalue weighted by atomic mass is 16.3. The Kier molecular flexibility index (Phi) is 6.06. The lowest BCUT2D eigenvalue weighted by molar-refractivity contribution is 0.0183. The van der Waals surface area contributed by atoms with Crippen molar-refractivity contribution in [3.05, 3.63) is 35.9 Å². The first-order valence-electron chi connectivity index (χ1n) is 8.17. The van der Waals surface area contributed by atoms with Crippen LogP contribution in [0.2, 0.25) is 0 Å². The molecule has 1 aliphatic heterocycles. The van der Waals surface area contributed by atoms with E-state index in [-0.39, 0.29) is 12.1 Å². The zero-order valence-corrected chi connectivity index (χ0v) is 13.0.